The number of hydrogen-bond acceptors (Lipinski definition) is 6. The topological polar surface area (TPSA) is 109 Å². The molecule has 1 amide bonds. The van der Waals surface area contributed by atoms with Crippen LogP contribution in [0.25, 0.3) is 11.1 Å². The van der Waals surface area contributed by atoms with Crippen LogP contribution in [-0.2, 0) is 11.3 Å². The highest BCUT2D eigenvalue weighted by atomic mass is 35.5. The first kappa shape index (κ1) is 24.7. The van der Waals surface area contributed by atoms with Crippen molar-refractivity contribution >= 4 is 35.2 Å². The molecule has 3 N–H and O–H groups in total. The molecule has 198 valence electrons. The molecule has 1 atom stereocenters. The average Bonchev–Trinajstić information content (AvgIpc) is 3.45. The largest absolute Gasteiger partial charge is 0.398 e. The van der Waals surface area contributed by atoms with Crippen molar-refractivity contribution in [3.8, 4) is 11.1 Å². The Balaban J connectivity index is 1.44. The minimum Gasteiger partial charge on any atom is -0.398 e. The number of halogens is 1. The molecule has 3 aromatic rings. The van der Waals surface area contributed by atoms with Crippen LogP contribution in [0.3, 0.4) is 0 Å². The number of likely N-dealkylation sites (tertiary alicyclic amines) is 1. The highest BCUT2D eigenvalue weighted by Crippen LogP contribution is 2.55. The van der Waals surface area contributed by atoms with E-state index in [9.17, 15) is 4.79 Å². The molecule has 2 fully saturated rings. The minimum absolute atomic E-state index is 0.00287. The van der Waals surface area contributed by atoms with E-state index in [1.165, 1.54) is 12.3 Å². The van der Waals surface area contributed by atoms with Crippen molar-refractivity contribution in [3.63, 3.8) is 0 Å². The lowest BCUT2D eigenvalue weighted by molar-refractivity contribution is -0.149. The molecule has 10 heteroatoms. The Labute approximate surface area is 227 Å². The molecule has 2 aromatic heterocycles. The number of rotatable bonds is 5. The molecule has 2 aliphatic heterocycles. The number of nitrogen functional groups attached to an aromatic ring is 1. The second-order valence-electron chi connectivity index (χ2n) is 11.1. The van der Waals surface area contributed by atoms with Crippen molar-refractivity contribution in [3.05, 3.63) is 58.5 Å². The van der Waals surface area contributed by atoms with E-state index in [1.807, 2.05) is 28.8 Å². The average molecular weight is 533 g/mol. The number of benzene rings is 1. The van der Waals surface area contributed by atoms with Gasteiger partial charge in [0, 0.05) is 65.5 Å². The predicted octanol–water partition coefficient (Wildman–Crippen LogP) is 4.53. The first-order chi connectivity index (χ1) is 18.2. The highest BCUT2D eigenvalue weighted by Gasteiger charge is 2.54. The Kier molecular flexibility index (Phi) is 5.68. The van der Waals surface area contributed by atoms with E-state index >= 15 is 0 Å². The first-order valence-corrected chi connectivity index (χ1v) is 13.4. The van der Waals surface area contributed by atoms with Crippen LogP contribution in [0.15, 0.2) is 31.0 Å². The van der Waals surface area contributed by atoms with Crippen molar-refractivity contribution in [1.82, 2.24) is 24.5 Å². The summed E-state index contributed by atoms with van der Waals surface area (Å²) in [5, 5.41) is 18.5. The van der Waals surface area contributed by atoms with Gasteiger partial charge >= 0.3 is 0 Å². The number of carbonyl (C=O) groups excluding carboxylic acids is 1. The Morgan fingerprint density at radius 1 is 1.26 bits per heavy atom. The number of hydrogen-bond donors (Lipinski definition) is 2. The van der Waals surface area contributed by atoms with Gasteiger partial charge in [0.05, 0.1) is 29.3 Å². The van der Waals surface area contributed by atoms with Gasteiger partial charge < -0.3 is 20.9 Å². The summed E-state index contributed by atoms with van der Waals surface area (Å²) in [5.41, 5.74) is 12.4. The maximum atomic E-state index is 12.0. The third-order valence-corrected chi connectivity index (χ3v) is 9.22. The van der Waals surface area contributed by atoms with Gasteiger partial charge in [-0.2, -0.15) is 10.2 Å². The van der Waals surface area contributed by atoms with Gasteiger partial charge in [-0.15, -0.1) is 0 Å². The normalized spacial score (nSPS) is 20.2. The molecule has 38 heavy (non-hydrogen) atoms. The van der Waals surface area contributed by atoms with E-state index < -0.39 is 0 Å². The molecule has 4 heterocycles. The summed E-state index contributed by atoms with van der Waals surface area (Å²) in [6.07, 6.45) is 6.47. The molecule has 1 saturated carbocycles. The van der Waals surface area contributed by atoms with Crippen molar-refractivity contribution in [2.24, 2.45) is 5.41 Å². The van der Waals surface area contributed by atoms with E-state index in [1.54, 1.807) is 0 Å². The molecular formula is C28H33ClN8O. The Hall–Kier alpha value is -3.59. The number of aryl methyl sites for hydroxylation is 1. The number of nitrogens with two attached hydrogens (primary N) is 1. The van der Waals surface area contributed by atoms with Crippen molar-refractivity contribution < 1.29 is 4.79 Å². The van der Waals surface area contributed by atoms with Crippen LogP contribution >= 0.6 is 11.6 Å². The summed E-state index contributed by atoms with van der Waals surface area (Å²) in [6.45, 7) is 12.9. The SMILES string of the molecule is C=CC(=O)N1CC2(CC(n3nc(N4CCn5nccc5C4C)c(-c4c(Cl)c(C)cc(N)c4C=N)c3C)C2)C1. The van der Waals surface area contributed by atoms with Gasteiger partial charge in [0.2, 0.25) is 5.91 Å². The van der Waals surface area contributed by atoms with Crippen LogP contribution < -0.4 is 10.6 Å². The van der Waals surface area contributed by atoms with Gasteiger partial charge in [0.15, 0.2) is 5.82 Å². The molecule has 1 unspecified atom stereocenters. The third-order valence-electron chi connectivity index (χ3n) is 8.74. The molecule has 1 aliphatic carbocycles. The second-order valence-corrected chi connectivity index (χ2v) is 11.4. The maximum absolute atomic E-state index is 12.0. The Morgan fingerprint density at radius 3 is 2.68 bits per heavy atom. The molecule has 0 bridgehead atoms. The fourth-order valence-electron chi connectivity index (χ4n) is 6.74. The highest BCUT2D eigenvalue weighted by molar-refractivity contribution is 6.35. The van der Waals surface area contributed by atoms with Crippen LogP contribution in [0, 0.1) is 24.7 Å². The summed E-state index contributed by atoms with van der Waals surface area (Å²) in [6, 6.07) is 4.19. The molecule has 1 aromatic carbocycles. The van der Waals surface area contributed by atoms with Crippen LogP contribution in [0.4, 0.5) is 11.5 Å². The number of nitrogens with one attached hydrogen (secondary N) is 1. The van der Waals surface area contributed by atoms with Gasteiger partial charge in [0.25, 0.3) is 0 Å². The lowest BCUT2D eigenvalue weighted by atomic mass is 9.60. The molecule has 9 nitrogen and oxygen atoms in total. The molecular weight excluding hydrogens is 500 g/mol. The number of aromatic nitrogens is 4. The standard InChI is InChI=1S/C28H33ClN8O/c1-5-23(38)34-14-28(15-34)11-19(12-28)37-18(4)24(25-20(13-30)21(31)10-16(2)26(25)29)27(33-37)35-8-9-36-22(17(35)3)6-7-32-36/h5-7,10,13,17,19,30H,1,8-9,11-12,14-15,31H2,2-4H3. The molecule has 3 aliphatic rings. The predicted molar refractivity (Wildman–Crippen MR) is 150 cm³/mol. The van der Waals surface area contributed by atoms with Crippen LogP contribution in [0.2, 0.25) is 5.02 Å². The first-order valence-electron chi connectivity index (χ1n) is 13.1. The summed E-state index contributed by atoms with van der Waals surface area (Å²) < 4.78 is 4.20. The van der Waals surface area contributed by atoms with E-state index in [2.05, 4.69) is 41.2 Å². The summed E-state index contributed by atoms with van der Waals surface area (Å²) >= 11 is 6.97. The van der Waals surface area contributed by atoms with Gasteiger partial charge in [-0.3, -0.25) is 14.2 Å². The fraction of sp³-hybridized carbons (Fsp3) is 0.429. The lowest BCUT2D eigenvalue weighted by Gasteiger charge is -2.58. The Bertz CT molecular complexity index is 1470. The zero-order valence-corrected chi connectivity index (χ0v) is 22.8. The number of amides is 1. The number of fused-ring (bicyclic) bond motifs is 1. The van der Waals surface area contributed by atoms with Crippen LogP contribution in [0.5, 0.6) is 0 Å². The fourth-order valence-corrected chi connectivity index (χ4v) is 6.99. The van der Waals surface area contributed by atoms with Crippen molar-refractivity contribution in [1.29, 1.82) is 5.41 Å². The van der Waals surface area contributed by atoms with Gasteiger partial charge in [-0.25, -0.2) is 0 Å². The van der Waals surface area contributed by atoms with Gasteiger partial charge in [-0.05, 0) is 57.4 Å². The molecule has 1 spiro atoms. The summed E-state index contributed by atoms with van der Waals surface area (Å²) in [5.74, 6) is 0.860. The van der Waals surface area contributed by atoms with E-state index in [-0.39, 0.29) is 23.4 Å². The van der Waals surface area contributed by atoms with Crippen molar-refractivity contribution in [2.75, 3.05) is 30.3 Å². The van der Waals surface area contributed by atoms with Crippen molar-refractivity contribution in [2.45, 2.75) is 52.2 Å². The zero-order valence-electron chi connectivity index (χ0n) is 22.0. The maximum Gasteiger partial charge on any atom is 0.245 e. The lowest BCUT2D eigenvalue weighted by Crippen LogP contribution is -2.63. The number of nitrogens with zero attached hydrogens (tertiary/aromatic N) is 6. The number of anilines is 2. The Morgan fingerprint density at radius 2 is 2.00 bits per heavy atom. The van der Waals surface area contributed by atoms with Crippen LogP contribution in [-0.4, -0.2) is 56.2 Å². The van der Waals surface area contributed by atoms with Gasteiger partial charge in [-0.1, -0.05) is 18.2 Å². The summed E-state index contributed by atoms with van der Waals surface area (Å²) in [7, 11) is 0. The molecule has 1 saturated heterocycles. The van der Waals surface area contributed by atoms with E-state index in [0.717, 1.165) is 72.9 Å². The van der Waals surface area contributed by atoms with E-state index in [4.69, 9.17) is 27.8 Å². The van der Waals surface area contributed by atoms with Gasteiger partial charge in [0.1, 0.15) is 0 Å². The molecule has 6 rings (SSSR count). The van der Waals surface area contributed by atoms with E-state index in [0.29, 0.717) is 16.3 Å². The quantitative estimate of drug-likeness (QED) is 0.285. The zero-order chi connectivity index (χ0) is 26.9. The number of carbonyl (C=O) groups is 1. The van der Waals surface area contributed by atoms with Crippen LogP contribution in [0.1, 0.15) is 54.4 Å². The summed E-state index contributed by atoms with van der Waals surface area (Å²) in [4.78, 5) is 16.2. The third kappa shape index (κ3) is 3.51. The monoisotopic (exact) mass is 532 g/mol. The smallest absolute Gasteiger partial charge is 0.245 e. The second kappa shape index (κ2) is 8.73. The molecule has 0 radical (unpaired) electrons. The minimum atomic E-state index is 0.00287.